The lowest BCUT2D eigenvalue weighted by atomic mass is 9.73. The van der Waals surface area contributed by atoms with Gasteiger partial charge in [-0.05, 0) is 31.5 Å². The maximum Gasteiger partial charge on any atom is 0.260 e. The van der Waals surface area contributed by atoms with Gasteiger partial charge in [0.25, 0.3) is 5.91 Å². The molecule has 4 nitrogen and oxygen atoms in total. The Labute approximate surface area is 119 Å². The highest BCUT2D eigenvalue weighted by Crippen LogP contribution is 2.46. The average molecular weight is 272 g/mol. The van der Waals surface area contributed by atoms with E-state index in [1.165, 1.54) is 4.90 Å². The van der Waals surface area contributed by atoms with Crippen LogP contribution in [0.5, 0.6) is 0 Å². The van der Waals surface area contributed by atoms with Crippen molar-refractivity contribution in [3.8, 4) is 0 Å². The third-order valence-corrected chi connectivity index (χ3v) is 4.62. The molecule has 1 fully saturated rings. The predicted molar refractivity (Wildman–Crippen MR) is 76.6 cm³/mol. The quantitative estimate of drug-likeness (QED) is 0.852. The molecule has 0 saturated heterocycles. The summed E-state index contributed by atoms with van der Waals surface area (Å²) in [6.07, 6.45) is 3.86. The summed E-state index contributed by atoms with van der Waals surface area (Å²) in [5, 5.41) is 3.01. The molecule has 0 unspecified atom stereocenters. The molecule has 1 aromatic carbocycles. The molecular formula is C16H20N2O2. The number of likely N-dealkylation sites (N-methyl/N-ethyl adjacent to an activating group) is 1. The summed E-state index contributed by atoms with van der Waals surface area (Å²) in [5.74, 6) is -0.132. The van der Waals surface area contributed by atoms with Gasteiger partial charge in [0.2, 0.25) is 5.91 Å². The number of fused-ring (bicyclic) bond motifs is 2. The van der Waals surface area contributed by atoms with E-state index in [1.807, 2.05) is 31.3 Å². The molecule has 1 aromatic rings. The number of nitrogens with zero attached hydrogens (tertiary/aromatic N) is 1. The van der Waals surface area contributed by atoms with Gasteiger partial charge >= 0.3 is 0 Å². The molecule has 1 aliphatic carbocycles. The Morgan fingerprint density at radius 2 is 1.90 bits per heavy atom. The smallest absolute Gasteiger partial charge is 0.260 e. The lowest BCUT2D eigenvalue weighted by Gasteiger charge is -2.39. The zero-order valence-corrected chi connectivity index (χ0v) is 11.8. The molecule has 1 aliphatic heterocycles. The summed E-state index contributed by atoms with van der Waals surface area (Å²) < 4.78 is 0. The highest BCUT2D eigenvalue weighted by atomic mass is 16.2. The Bertz CT molecular complexity index is 547. The van der Waals surface area contributed by atoms with Gasteiger partial charge in [-0.3, -0.25) is 14.5 Å². The van der Waals surface area contributed by atoms with Crippen molar-refractivity contribution in [3.05, 3.63) is 35.4 Å². The number of carbonyl (C=O) groups is 2. The molecule has 2 amide bonds. The Kier molecular flexibility index (Phi) is 3.34. The molecule has 106 valence electrons. The maximum atomic E-state index is 12.9. The molecular weight excluding hydrogens is 252 g/mol. The second kappa shape index (κ2) is 5.02. The van der Waals surface area contributed by atoms with Crippen molar-refractivity contribution in [1.82, 2.24) is 10.2 Å². The SMILES string of the molecule is CNCCN1C(=O)c2ccccc2C2(CCCC2)C1=O. The molecule has 1 saturated carbocycles. The molecule has 1 spiro atoms. The summed E-state index contributed by atoms with van der Waals surface area (Å²) in [6, 6.07) is 7.64. The number of nitrogens with one attached hydrogen (secondary N) is 1. The molecule has 4 heteroatoms. The lowest BCUT2D eigenvalue weighted by molar-refractivity contribution is -0.135. The van der Waals surface area contributed by atoms with Crippen LogP contribution in [0, 0.1) is 0 Å². The molecule has 0 radical (unpaired) electrons. The minimum Gasteiger partial charge on any atom is -0.318 e. The lowest BCUT2D eigenvalue weighted by Crippen LogP contribution is -2.54. The zero-order chi connectivity index (χ0) is 14.2. The van der Waals surface area contributed by atoms with Gasteiger partial charge in [-0.25, -0.2) is 0 Å². The van der Waals surface area contributed by atoms with Crippen molar-refractivity contribution in [2.75, 3.05) is 20.1 Å². The first-order valence-electron chi connectivity index (χ1n) is 7.31. The van der Waals surface area contributed by atoms with E-state index in [9.17, 15) is 9.59 Å². The van der Waals surface area contributed by atoms with Crippen LogP contribution in [0.15, 0.2) is 24.3 Å². The first-order chi connectivity index (χ1) is 9.70. The maximum absolute atomic E-state index is 12.9. The van der Waals surface area contributed by atoms with Crippen molar-refractivity contribution in [1.29, 1.82) is 0 Å². The Balaban J connectivity index is 2.09. The summed E-state index contributed by atoms with van der Waals surface area (Å²) >= 11 is 0. The number of amides is 2. The summed E-state index contributed by atoms with van der Waals surface area (Å²) in [7, 11) is 1.83. The third-order valence-electron chi connectivity index (χ3n) is 4.62. The van der Waals surface area contributed by atoms with E-state index >= 15 is 0 Å². The van der Waals surface area contributed by atoms with E-state index in [0.717, 1.165) is 31.2 Å². The van der Waals surface area contributed by atoms with Crippen molar-refractivity contribution in [3.63, 3.8) is 0 Å². The van der Waals surface area contributed by atoms with Gasteiger partial charge in [0.05, 0.1) is 5.41 Å². The van der Waals surface area contributed by atoms with E-state index in [0.29, 0.717) is 18.7 Å². The van der Waals surface area contributed by atoms with Gasteiger partial charge in [0, 0.05) is 18.7 Å². The number of hydrogen-bond acceptors (Lipinski definition) is 3. The number of carbonyl (C=O) groups excluding carboxylic acids is 2. The van der Waals surface area contributed by atoms with Crippen LogP contribution in [0.1, 0.15) is 41.6 Å². The van der Waals surface area contributed by atoms with Crippen LogP contribution in [0.4, 0.5) is 0 Å². The number of hydrogen-bond donors (Lipinski definition) is 1. The van der Waals surface area contributed by atoms with Crippen LogP contribution in [-0.2, 0) is 10.2 Å². The van der Waals surface area contributed by atoms with Gasteiger partial charge in [0.15, 0.2) is 0 Å². The normalized spacial score (nSPS) is 20.6. The summed E-state index contributed by atoms with van der Waals surface area (Å²) in [4.78, 5) is 26.9. The van der Waals surface area contributed by atoms with E-state index in [-0.39, 0.29) is 11.8 Å². The third kappa shape index (κ3) is 1.79. The number of rotatable bonds is 3. The Hall–Kier alpha value is -1.68. The number of imide groups is 1. The monoisotopic (exact) mass is 272 g/mol. The van der Waals surface area contributed by atoms with E-state index in [4.69, 9.17) is 0 Å². The fourth-order valence-electron chi connectivity index (χ4n) is 3.59. The standard InChI is InChI=1S/C16H20N2O2/c1-17-10-11-18-14(19)12-6-2-3-7-13(12)16(15(18)20)8-4-5-9-16/h2-3,6-7,17H,4-5,8-11H2,1H3. The first-order valence-corrected chi connectivity index (χ1v) is 7.31. The van der Waals surface area contributed by atoms with E-state index < -0.39 is 5.41 Å². The van der Waals surface area contributed by atoms with Crippen LogP contribution >= 0.6 is 0 Å². The fraction of sp³-hybridized carbons (Fsp3) is 0.500. The van der Waals surface area contributed by atoms with Gasteiger partial charge in [-0.2, -0.15) is 0 Å². The topological polar surface area (TPSA) is 49.4 Å². The Morgan fingerprint density at radius 1 is 1.20 bits per heavy atom. The number of benzene rings is 1. The van der Waals surface area contributed by atoms with Crippen LogP contribution in [-0.4, -0.2) is 36.9 Å². The van der Waals surface area contributed by atoms with E-state index in [2.05, 4.69) is 5.32 Å². The molecule has 3 rings (SSSR count). The summed E-state index contributed by atoms with van der Waals surface area (Å²) in [5.41, 5.74) is 1.22. The van der Waals surface area contributed by atoms with Gasteiger partial charge in [-0.1, -0.05) is 31.0 Å². The minimum absolute atomic E-state index is 0.00829. The largest absolute Gasteiger partial charge is 0.318 e. The highest BCUT2D eigenvalue weighted by molar-refractivity contribution is 6.13. The summed E-state index contributed by atoms with van der Waals surface area (Å²) in [6.45, 7) is 1.08. The first kappa shape index (κ1) is 13.3. The highest BCUT2D eigenvalue weighted by Gasteiger charge is 2.51. The minimum atomic E-state index is -0.446. The molecule has 2 aliphatic rings. The molecule has 1 heterocycles. The van der Waals surface area contributed by atoms with Crippen LogP contribution in [0.3, 0.4) is 0 Å². The molecule has 1 N–H and O–H groups in total. The van der Waals surface area contributed by atoms with Gasteiger partial charge < -0.3 is 5.32 Å². The second-order valence-electron chi connectivity index (χ2n) is 5.70. The Morgan fingerprint density at radius 3 is 2.60 bits per heavy atom. The average Bonchev–Trinajstić information content (AvgIpc) is 2.96. The zero-order valence-electron chi connectivity index (χ0n) is 11.8. The second-order valence-corrected chi connectivity index (χ2v) is 5.70. The van der Waals surface area contributed by atoms with Crippen molar-refractivity contribution in [2.45, 2.75) is 31.1 Å². The fourth-order valence-corrected chi connectivity index (χ4v) is 3.59. The molecule has 20 heavy (non-hydrogen) atoms. The van der Waals surface area contributed by atoms with E-state index in [1.54, 1.807) is 0 Å². The molecule has 0 bridgehead atoms. The molecule has 0 atom stereocenters. The van der Waals surface area contributed by atoms with Gasteiger partial charge in [0.1, 0.15) is 0 Å². The van der Waals surface area contributed by atoms with Crippen LogP contribution < -0.4 is 5.32 Å². The van der Waals surface area contributed by atoms with Crippen LogP contribution in [0.25, 0.3) is 0 Å². The molecule has 0 aromatic heterocycles. The predicted octanol–water partition coefficient (Wildman–Crippen LogP) is 1.70. The van der Waals surface area contributed by atoms with Crippen molar-refractivity contribution < 1.29 is 9.59 Å². The van der Waals surface area contributed by atoms with Crippen LogP contribution in [0.2, 0.25) is 0 Å². The van der Waals surface area contributed by atoms with Gasteiger partial charge in [-0.15, -0.1) is 0 Å². The van der Waals surface area contributed by atoms with Crippen molar-refractivity contribution >= 4 is 11.8 Å². The van der Waals surface area contributed by atoms with Crippen molar-refractivity contribution in [2.24, 2.45) is 0 Å².